The number of sulfonamides is 1. The van der Waals surface area contributed by atoms with E-state index in [1.165, 1.54) is 18.2 Å². The van der Waals surface area contributed by atoms with Crippen molar-refractivity contribution in [1.82, 2.24) is 5.32 Å². The molecule has 1 aromatic carbocycles. The van der Waals surface area contributed by atoms with Crippen molar-refractivity contribution < 1.29 is 17.9 Å². The molecule has 1 aliphatic heterocycles. The summed E-state index contributed by atoms with van der Waals surface area (Å²) < 4.78 is 27.9. The van der Waals surface area contributed by atoms with E-state index in [9.17, 15) is 13.2 Å². The molecular weight excluding hydrogens is 292 g/mol. The van der Waals surface area contributed by atoms with Gasteiger partial charge in [0.2, 0.25) is 10.0 Å². The lowest BCUT2D eigenvalue weighted by Gasteiger charge is -2.34. The molecule has 6 nitrogen and oxygen atoms in total. The van der Waals surface area contributed by atoms with E-state index in [-0.39, 0.29) is 16.3 Å². The van der Waals surface area contributed by atoms with Gasteiger partial charge < -0.3 is 10.1 Å². The molecule has 0 unspecified atom stereocenters. The van der Waals surface area contributed by atoms with Gasteiger partial charge >= 0.3 is 0 Å². The molecule has 0 aliphatic carbocycles. The zero-order valence-electron chi connectivity index (χ0n) is 12.2. The van der Waals surface area contributed by atoms with Gasteiger partial charge in [-0.1, -0.05) is 0 Å². The van der Waals surface area contributed by atoms with Gasteiger partial charge in [0.05, 0.1) is 4.90 Å². The summed E-state index contributed by atoms with van der Waals surface area (Å²) in [6.07, 6.45) is 1.51. The summed E-state index contributed by atoms with van der Waals surface area (Å²) >= 11 is 0. The number of nitrogens with one attached hydrogen (secondary N) is 1. The van der Waals surface area contributed by atoms with Gasteiger partial charge in [-0.2, -0.15) is 0 Å². The Morgan fingerprint density at radius 3 is 2.48 bits per heavy atom. The van der Waals surface area contributed by atoms with Crippen LogP contribution in [0.1, 0.15) is 35.7 Å². The number of carbonyl (C=O) groups excluding carboxylic acids is 1. The Kier molecular flexibility index (Phi) is 4.36. The maximum absolute atomic E-state index is 12.4. The van der Waals surface area contributed by atoms with Gasteiger partial charge in [-0.3, -0.25) is 4.79 Å². The first kappa shape index (κ1) is 15.9. The first-order valence-electron chi connectivity index (χ1n) is 6.75. The third kappa shape index (κ3) is 3.81. The second-order valence-electron chi connectivity index (χ2n) is 5.65. The highest BCUT2D eigenvalue weighted by Gasteiger charge is 2.29. The summed E-state index contributed by atoms with van der Waals surface area (Å²) in [7, 11) is -3.76. The Bertz CT molecular complexity index is 649. The zero-order valence-corrected chi connectivity index (χ0v) is 13.0. The van der Waals surface area contributed by atoms with Crippen LogP contribution in [0.15, 0.2) is 23.1 Å². The minimum absolute atomic E-state index is 0.00817. The number of hydrogen-bond donors (Lipinski definition) is 2. The van der Waals surface area contributed by atoms with Crippen molar-refractivity contribution in [3.63, 3.8) is 0 Å². The minimum Gasteiger partial charge on any atom is -0.381 e. The van der Waals surface area contributed by atoms with E-state index in [0.717, 1.165) is 12.8 Å². The molecule has 0 aromatic heterocycles. The van der Waals surface area contributed by atoms with Crippen molar-refractivity contribution in [2.24, 2.45) is 5.14 Å². The summed E-state index contributed by atoms with van der Waals surface area (Å²) in [5, 5.41) is 8.09. The molecule has 21 heavy (non-hydrogen) atoms. The fourth-order valence-corrected chi connectivity index (χ4v) is 2.96. The van der Waals surface area contributed by atoms with E-state index >= 15 is 0 Å². The second kappa shape index (κ2) is 5.75. The predicted octanol–water partition coefficient (Wildman–Crippen LogP) is 0.941. The van der Waals surface area contributed by atoms with Gasteiger partial charge in [0, 0.05) is 24.3 Å². The Morgan fingerprint density at radius 2 is 1.95 bits per heavy atom. The lowest BCUT2D eigenvalue weighted by molar-refractivity contribution is 0.0422. The van der Waals surface area contributed by atoms with Gasteiger partial charge in [0.1, 0.15) is 0 Å². The summed E-state index contributed by atoms with van der Waals surface area (Å²) in [4.78, 5) is 12.4. The number of primary sulfonamides is 1. The van der Waals surface area contributed by atoms with Crippen molar-refractivity contribution in [3.8, 4) is 0 Å². The molecule has 1 saturated heterocycles. The van der Waals surface area contributed by atoms with E-state index in [1.807, 2.05) is 6.92 Å². The highest BCUT2D eigenvalue weighted by atomic mass is 32.2. The van der Waals surface area contributed by atoms with E-state index in [1.54, 1.807) is 6.92 Å². The van der Waals surface area contributed by atoms with Crippen LogP contribution in [0.3, 0.4) is 0 Å². The minimum atomic E-state index is -3.76. The van der Waals surface area contributed by atoms with E-state index < -0.39 is 10.0 Å². The number of nitrogens with two attached hydrogens (primary N) is 1. The maximum atomic E-state index is 12.4. The summed E-state index contributed by atoms with van der Waals surface area (Å²) in [5.74, 6) is -0.210. The molecule has 1 amide bonds. The molecule has 1 heterocycles. The van der Waals surface area contributed by atoms with Crippen LogP contribution in [-0.4, -0.2) is 33.1 Å². The smallest absolute Gasteiger partial charge is 0.251 e. The van der Waals surface area contributed by atoms with Crippen LogP contribution < -0.4 is 10.5 Å². The maximum Gasteiger partial charge on any atom is 0.251 e. The highest BCUT2D eigenvalue weighted by Crippen LogP contribution is 2.21. The predicted molar refractivity (Wildman–Crippen MR) is 78.5 cm³/mol. The molecule has 1 fully saturated rings. The molecule has 0 atom stereocenters. The molecule has 1 aromatic rings. The summed E-state index contributed by atoms with van der Waals surface area (Å²) in [5.41, 5.74) is 0.741. The molecule has 0 spiro atoms. The molecule has 0 radical (unpaired) electrons. The lowest BCUT2D eigenvalue weighted by Crippen LogP contribution is -2.49. The van der Waals surface area contributed by atoms with Gasteiger partial charge in [-0.05, 0) is 50.5 Å². The van der Waals surface area contributed by atoms with E-state index in [0.29, 0.717) is 24.3 Å². The van der Waals surface area contributed by atoms with Crippen molar-refractivity contribution in [1.29, 1.82) is 0 Å². The first-order valence-corrected chi connectivity index (χ1v) is 8.30. The largest absolute Gasteiger partial charge is 0.381 e. The number of benzene rings is 1. The van der Waals surface area contributed by atoms with E-state index in [2.05, 4.69) is 5.32 Å². The second-order valence-corrected chi connectivity index (χ2v) is 7.21. The van der Waals surface area contributed by atoms with Crippen molar-refractivity contribution >= 4 is 15.9 Å². The number of rotatable bonds is 3. The molecule has 3 N–H and O–H groups in total. The SMILES string of the molecule is Cc1cc(S(N)(=O)=O)ccc1C(=O)NC1(C)CCOCC1. The van der Waals surface area contributed by atoms with Crippen LogP contribution in [0.2, 0.25) is 0 Å². The Labute approximate surface area is 124 Å². The Balaban J connectivity index is 2.20. The standard InChI is InChI=1S/C14H20N2O4S/c1-10-9-11(21(15,18)19)3-4-12(10)13(17)16-14(2)5-7-20-8-6-14/h3-4,9H,5-8H2,1-2H3,(H,16,17)(H2,15,18,19). The Hall–Kier alpha value is -1.44. The van der Waals surface area contributed by atoms with Crippen LogP contribution in [0, 0.1) is 6.92 Å². The van der Waals surface area contributed by atoms with Crippen molar-refractivity contribution in [2.75, 3.05) is 13.2 Å². The van der Waals surface area contributed by atoms with Crippen LogP contribution in [0.25, 0.3) is 0 Å². The average Bonchev–Trinajstić information content (AvgIpc) is 2.37. The van der Waals surface area contributed by atoms with Gasteiger partial charge in [-0.15, -0.1) is 0 Å². The molecule has 0 bridgehead atoms. The average molecular weight is 312 g/mol. The zero-order chi connectivity index (χ0) is 15.7. The summed E-state index contributed by atoms with van der Waals surface area (Å²) in [6, 6.07) is 4.26. The third-order valence-electron chi connectivity index (χ3n) is 3.78. The van der Waals surface area contributed by atoms with Crippen LogP contribution in [-0.2, 0) is 14.8 Å². The fourth-order valence-electron chi connectivity index (χ4n) is 2.36. The number of ether oxygens (including phenoxy) is 1. The first-order chi connectivity index (χ1) is 9.71. The van der Waals surface area contributed by atoms with Gasteiger partial charge in [-0.25, -0.2) is 13.6 Å². The van der Waals surface area contributed by atoms with Gasteiger partial charge in [0.15, 0.2) is 0 Å². The third-order valence-corrected chi connectivity index (χ3v) is 4.69. The molecule has 2 rings (SSSR count). The number of amides is 1. The molecule has 0 saturated carbocycles. The molecule has 1 aliphatic rings. The quantitative estimate of drug-likeness (QED) is 0.867. The topological polar surface area (TPSA) is 98.5 Å². The number of aryl methyl sites for hydroxylation is 1. The van der Waals surface area contributed by atoms with Crippen molar-refractivity contribution in [3.05, 3.63) is 29.3 Å². The highest BCUT2D eigenvalue weighted by molar-refractivity contribution is 7.89. The normalized spacial score (nSPS) is 18.2. The van der Waals surface area contributed by atoms with Crippen LogP contribution in [0.4, 0.5) is 0 Å². The fraction of sp³-hybridized carbons (Fsp3) is 0.500. The summed E-state index contributed by atoms with van der Waals surface area (Å²) in [6.45, 7) is 4.93. The molecule has 116 valence electrons. The molecular formula is C14H20N2O4S. The monoisotopic (exact) mass is 312 g/mol. The van der Waals surface area contributed by atoms with E-state index in [4.69, 9.17) is 9.88 Å². The van der Waals surface area contributed by atoms with Crippen molar-refractivity contribution in [2.45, 2.75) is 37.1 Å². The Morgan fingerprint density at radius 1 is 1.33 bits per heavy atom. The van der Waals surface area contributed by atoms with Gasteiger partial charge in [0.25, 0.3) is 5.91 Å². The number of hydrogen-bond acceptors (Lipinski definition) is 4. The van der Waals surface area contributed by atoms with Crippen LogP contribution in [0.5, 0.6) is 0 Å². The van der Waals surface area contributed by atoms with Crippen LogP contribution >= 0.6 is 0 Å². The molecule has 7 heteroatoms. The lowest BCUT2D eigenvalue weighted by atomic mass is 9.92. The number of carbonyl (C=O) groups is 1.